The van der Waals surface area contributed by atoms with Crippen LogP contribution in [-0.4, -0.2) is 17.6 Å². The molecular formula is C13H17N3OS. The van der Waals surface area contributed by atoms with E-state index in [9.17, 15) is 4.79 Å². The highest BCUT2D eigenvalue weighted by molar-refractivity contribution is 7.80. The second kappa shape index (κ2) is 4.24. The van der Waals surface area contributed by atoms with Crippen molar-refractivity contribution in [2.45, 2.75) is 26.2 Å². The van der Waals surface area contributed by atoms with Gasteiger partial charge in [0, 0.05) is 17.9 Å². The van der Waals surface area contributed by atoms with Gasteiger partial charge in [0.2, 0.25) is 5.91 Å². The van der Waals surface area contributed by atoms with E-state index in [0.29, 0.717) is 6.54 Å². The summed E-state index contributed by atoms with van der Waals surface area (Å²) in [7, 11) is 0. The lowest BCUT2D eigenvalue weighted by Gasteiger charge is -2.18. The van der Waals surface area contributed by atoms with Gasteiger partial charge in [0.15, 0.2) is 5.11 Å². The maximum absolute atomic E-state index is 12.3. The second-order valence-electron chi connectivity index (χ2n) is 4.90. The van der Waals surface area contributed by atoms with Crippen LogP contribution in [0.25, 0.3) is 0 Å². The number of likely N-dealkylation sites (N-methyl/N-ethyl adjacent to an activating group) is 1. The minimum absolute atomic E-state index is 0.132. The van der Waals surface area contributed by atoms with E-state index in [4.69, 9.17) is 18.0 Å². The van der Waals surface area contributed by atoms with Crippen molar-refractivity contribution >= 4 is 34.6 Å². The molecule has 5 heteroatoms. The molecule has 0 bridgehead atoms. The summed E-state index contributed by atoms with van der Waals surface area (Å²) < 4.78 is 0. The van der Waals surface area contributed by atoms with E-state index in [2.05, 4.69) is 5.32 Å². The number of fused-ring (bicyclic) bond motifs is 1. The zero-order valence-electron chi connectivity index (χ0n) is 10.8. The Hall–Kier alpha value is -1.62. The summed E-state index contributed by atoms with van der Waals surface area (Å²) in [6.07, 6.45) is 0. The molecule has 0 saturated heterocycles. The van der Waals surface area contributed by atoms with E-state index in [0.717, 1.165) is 16.9 Å². The maximum Gasteiger partial charge on any atom is 0.237 e. The van der Waals surface area contributed by atoms with Gasteiger partial charge in [-0.3, -0.25) is 4.79 Å². The summed E-state index contributed by atoms with van der Waals surface area (Å²) in [6.45, 7) is 6.53. The standard InChI is InChI=1S/C13H17N3OS/c1-4-16-10-6-5-8(15-12(14)18)7-9(10)13(2,3)11(16)17/h5-7H,4H2,1-3H3,(H3,14,15,18). The van der Waals surface area contributed by atoms with Gasteiger partial charge in [-0.05, 0) is 56.8 Å². The molecule has 2 rings (SSSR count). The van der Waals surface area contributed by atoms with Crippen molar-refractivity contribution in [3.63, 3.8) is 0 Å². The van der Waals surface area contributed by atoms with Gasteiger partial charge in [-0.2, -0.15) is 0 Å². The van der Waals surface area contributed by atoms with Gasteiger partial charge in [-0.1, -0.05) is 0 Å². The van der Waals surface area contributed by atoms with Crippen molar-refractivity contribution < 1.29 is 4.79 Å². The third kappa shape index (κ3) is 1.84. The first-order chi connectivity index (χ1) is 8.37. The van der Waals surface area contributed by atoms with E-state index in [-0.39, 0.29) is 11.0 Å². The van der Waals surface area contributed by atoms with E-state index in [1.807, 2.05) is 39.0 Å². The smallest absolute Gasteiger partial charge is 0.237 e. The topological polar surface area (TPSA) is 58.4 Å². The van der Waals surface area contributed by atoms with E-state index < -0.39 is 5.41 Å². The number of hydrogen-bond donors (Lipinski definition) is 2. The Morgan fingerprint density at radius 3 is 2.72 bits per heavy atom. The largest absolute Gasteiger partial charge is 0.376 e. The summed E-state index contributed by atoms with van der Waals surface area (Å²) in [4.78, 5) is 14.1. The second-order valence-corrected chi connectivity index (χ2v) is 5.34. The van der Waals surface area contributed by atoms with E-state index >= 15 is 0 Å². The highest BCUT2D eigenvalue weighted by Gasteiger charge is 2.43. The third-order valence-electron chi connectivity index (χ3n) is 3.32. The Labute approximate surface area is 112 Å². The van der Waals surface area contributed by atoms with Crippen LogP contribution in [0.1, 0.15) is 26.3 Å². The molecule has 4 nitrogen and oxygen atoms in total. The van der Waals surface area contributed by atoms with Crippen molar-refractivity contribution in [2.24, 2.45) is 5.73 Å². The van der Waals surface area contributed by atoms with Crippen LogP contribution in [-0.2, 0) is 10.2 Å². The van der Waals surface area contributed by atoms with Gasteiger partial charge in [0.1, 0.15) is 0 Å². The number of nitrogens with zero attached hydrogens (tertiary/aromatic N) is 1. The van der Waals surface area contributed by atoms with Crippen molar-refractivity contribution in [1.82, 2.24) is 0 Å². The van der Waals surface area contributed by atoms with Crippen LogP contribution in [0.4, 0.5) is 11.4 Å². The highest BCUT2D eigenvalue weighted by Crippen LogP contribution is 2.42. The molecule has 18 heavy (non-hydrogen) atoms. The number of amides is 1. The summed E-state index contributed by atoms with van der Waals surface area (Å²) >= 11 is 4.82. The van der Waals surface area contributed by atoms with Crippen LogP contribution in [0.2, 0.25) is 0 Å². The van der Waals surface area contributed by atoms with Gasteiger partial charge in [-0.15, -0.1) is 0 Å². The van der Waals surface area contributed by atoms with E-state index in [1.165, 1.54) is 0 Å². The number of nitrogens with two attached hydrogens (primary N) is 1. The number of rotatable bonds is 2. The van der Waals surface area contributed by atoms with Crippen molar-refractivity contribution in [3.8, 4) is 0 Å². The Morgan fingerprint density at radius 2 is 2.17 bits per heavy atom. The summed E-state index contributed by atoms with van der Waals surface area (Å²) in [5.74, 6) is 0.132. The van der Waals surface area contributed by atoms with Crippen LogP contribution in [0.5, 0.6) is 0 Å². The van der Waals surface area contributed by atoms with Gasteiger partial charge >= 0.3 is 0 Å². The molecular weight excluding hydrogens is 246 g/mol. The fraction of sp³-hybridized carbons (Fsp3) is 0.385. The molecule has 3 N–H and O–H groups in total. The Morgan fingerprint density at radius 1 is 1.50 bits per heavy atom. The van der Waals surface area contributed by atoms with Crippen LogP contribution in [0.3, 0.4) is 0 Å². The molecule has 0 spiro atoms. The van der Waals surface area contributed by atoms with Gasteiger partial charge in [-0.25, -0.2) is 0 Å². The number of anilines is 2. The molecule has 1 aromatic rings. The summed E-state index contributed by atoms with van der Waals surface area (Å²) in [5.41, 5.74) is 7.76. The molecule has 0 aromatic heterocycles. The summed E-state index contributed by atoms with van der Waals surface area (Å²) in [6, 6.07) is 5.77. The van der Waals surface area contributed by atoms with Gasteiger partial charge in [0.25, 0.3) is 0 Å². The molecule has 1 aromatic carbocycles. The van der Waals surface area contributed by atoms with Gasteiger partial charge in [0.05, 0.1) is 5.41 Å². The first-order valence-electron chi connectivity index (χ1n) is 5.91. The Bertz CT molecular complexity index is 525. The number of nitrogens with one attached hydrogen (secondary N) is 1. The number of carbonyl (C=O) groups is 1. The summed E-state index contributed by atoms with van der Waals surface area (Å²) in [5, 5.41) is 3.13. The molecule has 0 aliphatic carbocycles. The first-order valence-corrected chi connectivity index (χ1v) is 6.31. The lowest BCUT2D eigenvalue weighted by atomic mass is 9.86. The quantitative estimate of drug-likeness (QED) is 0.801. The molecule has 0 saturated carbocycles. The Balaban J connectivity index is 2.50. The number of benzene rings is 1. The van der Waals surface area contributed by atoms with Crippen molar-refractivity contribution in [2.75, 3.05) is 16.8 Å². The number of carbonyl (C=O) groups excluding carboxylic acids is 1. The lowest BCUT2D eigenvalue weighted by Crippen LogP contribution is -2.35. The zero-order valence-corrected chi connectivity index (χ0v) is 11.6. The average molecular weight is 263 g/mol. The minimum Gasteiger partial charge on any atom is -0.376 e. The zero-order chi connectivity index (χ0) is 13.5. The molecule has 1 aliphatic heterocycles. The van der Waals surface area contributed by atoms with E-state index in [1.54, 1.807) is 4.90 Å². The molecule has 0 fully saturated rings. The van der Waals surface area contributed by atoms with Crippen LogP contribution >= 0.6 is 12.2 Å². The van der Waals surface area contributed by atoms with Crippen molar-refractivity contribution in [3.05, 3.63) is 23.8 Å². The van der Waals surface area contributed by atoms with Crippen LogP contribution in [0.15, 0.2) is 18.2 Å². The maximum atomic E-state index is 12.3. The molecule has 1 aliphatic rings. The number of thiocarbonyl (C=S) groups is 1. The fourth-order valence-electron chi connectivity index (χ4n) is 2.37. The molecule has 0 atom stereocenters. The highest BCUT2D eigenvalue weighted by atomic mass is 32.1. The molecule has 96 valence electrons. The Kier molecular flexibility index (Phi) is 3.02. The lowest BCUT2D eigenvalue weighted by molar-refractivity contribution is -0.122. The predicted octanol–water partition coefficient (Wildman–Crippen LogP) is 1.99. The monoisotopic (exact) mass is 263 g/mol. The first kappa shape index (κ1) is 12.8. The molecule has 1 heterocycles. The number of hydrogen-bond acceptors (Lipinski definition) is 2. The molecule has 0 unspecified atom stereocenters. The van der Waals surface area contributed by atoms with Crippen LogP contribution < -0.4 is 16.0 Å². The molecule has 0 radical (unpaired) electrons. The third-order valence-corrected chi connectivity index (χ3v) is 3.43. The normalized spacial score (nSPS) is 16.6. The van der Waals surface area contributed by atoms with Crippen molar-refractivity contribution in [1.29, 1.82) is 0 Å². The minimum atomic E-state index is -0.501. The van der Waals surface area contributed by atoms with Crippen LogP contribution in [0, 0.1) is 0 Å². The van der Waals surface area contributed by atoms with Gasteiger partial charge < -0.3 is 16.0 Å². The average Bonchev–Trinajstić information content (AvgIpc) is 2.47. The predicted molar refractivity (Wildman–Crippen MR) is 77.9 cm³/mol. The molecule has 1 amide bonds. The SMILES string of the molecule is CCN1C(=O)C(C)(C)c2cc(NC(N)=S)ccc21. The fourth-order valence-corrected chi connectivity index (χ4v) is 2.49.